The molecule has 16 heavy (non-hydrogen) atoms. The van der Waals surface area contributed by atoms with Crippen LogP contribution in [0.1, 0.15) is 16.2 Å². The zero-order valence-electron chi connectivity index (χ0n) is 8.87. The summed E-state index contributed by atoms with van der Waals surface area (Å²) >= 11 is 0. The van der Waals surface area contributed by atoms with Gasteiger partial charge in [-0.15, -0.1) is 0 Å². The molecule has 0 aliphatic carbocycles. The lowest BCUT2D eigenvalue weighted by Crippen LogP contribution is -2.05. The van der Waals surface area contributed by atoms with Crippen molar-refractivity contribution in [2.45, 2.75) is 13.0 Å². The SMILES string of the molecule is Cn1nc(CCn2cccn2)cc1C(=O)O. The highest BCUT2D eigenvalue weighted by atomic mass is 16.4. The number of hydrogen-bond donors (Lipinski definition) is 1. The van der Waals surface area contributed by atoms with E-state index in [-0.39, 0.29) is 5.69 Å². The fourth-order valence-electron chi connectivity index (χ4n) is 1.51. The fourth-order valence-corrected chi connectivity index (χ4v) is 1.51. The number of aryl methyl sites for hydroxylation is 3. The molecule has 0 spiro atoms. The molecule has 0 unspecified atom stereocenters. The molecule has 1 N–H and O–H groups in total. The monoisotopic (exact) mass is 220 g/mol. The molecule has 0 bridgehead atoms. The average molecular weight is 220 g/mol. The lowest BCUT2D eigenvalue weighted by molar-refractivity contribution is 0.0685. The van der Waals surface area contributed by atoms with E-state index in [0.29, 0.717) is 13.0 Å². The molecule has 6 nitrogen and oxygen atoms in total. The van der Waals surface area contributed by atoms with E-state index in [1.807, 2.05) is 12.3 Å². The molecular weight excluding hydrogens is 208 g/mol. The summed E-state index contributed by atoms with van der Waals surface area (Å²) in [6.07, 6.45) is 4.24. The Balaban J connectivity index is 2.05. The number of nitrogens with zero attached hydrogens (tertiary/aromatic N) is 4. The minimum atomic E-state index is -0.958. The first-order chi connectivity index (χ1) is 7.66. The van der Waals surface area contributed by atoms with Crippen molar-refractivity contribution in [3.8, 4) is 0 Å². The Labute approximate surface area is 92.1 Å². The summed E-state index contributed by atoms with van der Waals surface area (Å²) in [5.74, 6) is -0.958. The van der Waals surface area contributed by atoms with Gasteiger partial charge in [0.1, 0.15) is 5.69 Å². The Morgan fingerprint density at radius 2 is 2.38 bits per heavy atom. The lowest BCUT2D eigenvalue weighted by Gasteiger charge is -1.97. The molecule has 0 aliphatic heterocycles. The van der Waals surface area contributed by atoms with Crippen LogP contribution in [0.25, 0.3) is 0 Å². The van der Waals surface area contributed by atoms with Gasteiger partial charge in [0, 0.05) is 32.4 Å². The summed E-state index contributed by atoms with van der Waals surface area (Å²) in [6.45, 7) is 0.697. The van der Waals surface area contributed by atoms with E-state index in [9.17, 15) is 4.79 Å². The minimum absolute atomic E-state index is 0.204. The number of carbonyl (C=O) groups is 1. The molecule has 0 aliphatic rings. The van der Waals surface area contributed by atoms with Gasteiger partial charge in [0.05, 0.1) is 5.69 Å². The summed E-state index contributed by atoms with van der Waals surface area (Å²) in [7, 11) is 1.63. The van der Waals surface area contributed by atoms with Gasteiger partial charge in [-0.25, -0.2) is 4.79 Å². The second kappa shape index (κ2) is 4.18. The Morgan fingerprint density at radius 1 is 1.56 bits per heavy atom. The van der Waals surface area contributed by atoms with Crippen molar-refractivity contribution < 1.29 is 9.90 Å². The molecule has 2 aromatic rings. The van der Waals surface area contributed by atoms with Crippen molar-refractivity contribution in [2.75, 3.05) is 0 Å². The van der Waals surface area contributed by atoms with Crippen LogP contribution in [0, 0.1) is 0 Å². The molecule has 84 valence electrons. The maximum Gasteiger partial charge on any atom is 0.354 e. The molecule has 0 atom stereocenters. The van der Waals surface area contributed by atoms with Crippen molar-refractivity contribution in [2.24, 2.45) is 7.05 Å². The molecule has 6 heteroatoms. The smallest absolute Gasteiger partial charge is 0.354 e. The number of aromatic carboxylic acids is 1. The van der Waals surface area contributed by atoms with E-state index in [4.69, 9.17) is 5.11 Å². The van der Waals surface area contributed by atoms with E-state index in [1.165, 1.54) is 4.68 Å². The van der Waals surface area contributed by atoms with Gasteiger partial charge in [-0.05, 0) is 12.1 Å². The van der Waals surface area contributed by atoms with Crippen LogP contribution in [0.15, 0.2) is 24.5 Å². The summed E-state index contributed by atoms with van der Waals surface area (Å²) in [5.41, 5.74) is 0.964. The second-order valence-corrected chi connectivity index (χ2v) is 3.47. The molecule has 0 fully saturated rings. The van der Waals surface area contributed by atoms with Crippen molar-refractivity contribution in [3.63, 3.8) is 0 Å². The van der Waals surface area contributed by atoms with Crippen molar-refractivity contribution in [1.82, 2.24) is 19.6 Å². The predicted molar refractivity (Wildman–Crippen MR) is 56.1 cm³/mol. The second-order valence-electron chi connectivity index (χ2n) is 3.47. The fraction of sp³-hybridized carbons (Fsp3) is 0.300. The summed E-state index contributed by atoms with van der Waals surface area (Å²) in [4.78, 5) is 10.8. The zero-order chi connectivity index (χ0) is 11.5. The Morgan fingerprint density at radius 3 is 2.94 bits per heavy atom. The minimum Gasteiger partial charge on any atom is -0.477 e. The van der Waals surface area contributed by atoms with Gasteiger partial charge in [0.2, 0.25) is 0 Å². The predicted octanol–water partition coefficient (Wildman–Crippen LogP) is 0.558. The summed E-state index contributed by atoms with van der Waals surface area (Å²) in [6, 6.07) is 3.44. The van der Waals surface area contributed by atoms with Crippen LogP contribution in [0.5, 0.6) is 0 Å². The van der Waals surface area contributed by atoms with Gasteiger partial charge in [-0.3, -0.25) is 9.36 Å². The quantitative estimate of drug-likeness (QED) is 0.817. The highest BCUT2D eigenvalue weighted by Crippen LogP contribution is 2.04. The van der Waals surface area contributed by atoms with E-state index >= 15 is 0 Å². The third kappa shape index (κ3) is 2.10. The molecule has 0 saturated carbocycles. The first-order valence-electron chi connectivity index (χ1n) is 4.90. The van der Waals surface area contributed by atoms with Gasteiger partial charge in [-0.2, -0.15) is 10.2 Å². The maximum atomic E-state index is 10.8. The summed E-state index contributed by atoms with van der Waals surface area (Å²) in [5, 5.41) is 17.0. The van der Waals surface area contributed by atoms with Crippen LogP contribution in [-0.2, 0) is 20.0 Å². The van der Waals surface area contributed by atoms with Crippen LogP contribution in [-0.4, -0.2) is 30.6 Å². The highest BCUT2D eigenvalue weighted by Gasteiger charge is 2.11. The van der Waals surface area contributed by atoms with E-state index in [2.05, 4.69) is 10.2 Å². The molecule has 0 radical (unpaired) electrons. The molecule has 2 aromatic heterocycles. The van der Waals surface area contributed by atoms with Gasteiger partial charge < -0.3 is 5.11 Å². The van der Waals surface area contributed by atoms with Gasteiger partial charge in [0.15, 0.2) is 0 Å². The lowest BCUT2D eigenvalue weighted by atomic mass is 10.3. The average Bonchev–Trinajstić information content (AvgIpc) is 2.83. The van der Waals surface area contributed by atoms with Crippen LogP contribution in [0.4, 0.5) is 0 Å². The standard InChI is InChI=1S/C10H12N4O2/c1-13-9(10(15)16)7-8(12-13)3-6-14-5-2-4-11-14/h2,4-5,7H,3,6H2,1H3,(H,15,16). The van der Waals surface area contributed by atoms with Crippen molar-refractivity contribution in [1.29, 1.82) is 0 Å². The third-order valence-corrected chi connectivity index (χ3v) is 2.31. The summed E-state index contributed by atoms with van der Waals surface area (Å²) < 4.78 is 3.16. The third-order valence-electron chi connectivity index (χ3n) is 2.31. The van der Waals surface area contributed by atoms with Crippen LogP contribution >= 0.6 is 0 Å². The number of carboxylic acids is 1. The Hall–Kier alpha value is -2.11. The number of carboxylic acid groups (broad SMARTS) is 1. The largest absolute Gasteiger partial charge is 0.477 e. The first-order valence-corrected chi connectivity index (χ1v) is 4.90. The number of hydrogen-bond acceptors (Lipinski definition) is 3. The highest BCUT2D eigenvalue weighted by molar-refractivity contribution is 5.85. The van der Waals surface area contributed by atoms with Crippen molar-refractivity contribution >= 4 is 5.97 Å². The van der Waals surface area contributed by atoms with Gasteiger partial charge >= 0.3 is 5.97 Å². The molecule has 0 saturated heterocycles. The molecular formula is C10H12N4O2. The Bertz CT molecular complexity index is 487. The van der Waals surface area contributed by atoms with Crippen molar-refractivity contribution in [3.05, 3.63) is 35.9 Å². The molecule has 2 heterocycles. The zero-order valence-corrected chi connectivity index (χ0v) is 8.87. The van der Waals surface area contributed by atoms with Gasteiger partial charge in [0.25, 0.3) is 0 Å². The first kappa shape index (κ1) is 10.4. The van der Waals surface area contributed by atoms with E-state index in [1.54, 1.807) is 24.0 Å². The maximum absolute atomic E-state index is 10.8. The van der Waals surface area contributed by atoms with Crippen LogP contribution < -0.4 is 0 Å². The number of aromatic nitrogens is 4. The molecule has 2 rings (SSSR count). The van der Waals surface area contributed by atoms with E-state index in [0.717, 1.165) is 5.69 Å². The van der Waals surface area contributed by atoms with Gasteiger partial charge in [-0.1, -0.05) is 0 Å². The molecule has 0 aromatic carbocycles. The Kier molecular flexibility index (Phi) is 2.72. The number of rotatable bonds is 4. The topological polar surface area (TPSA) is 72.9 Å². The van der Waals surface area contributed by atoms with Crippen LogP contribution in [0.2, 0.25) is 0 Å². The molecule has 0 amide bonds. The van der Waals surface area contributed by atoms with E-state index < -0.39 is 5.97 Å². The van der Waals surface area contributed by atoms with Crippen LogP contribution in [0.3, 0.4) is 0 Å². The normalized spacial score (nSPS) is 10.6.